The van der Waals surface area contributed by atoms with Crippen LogP contribution in [0.4, 0.5) is 10.5 Å². The number of rotatable bonds is 1. The lowest BCUT2D eigenvalue weighted by molar-refractivity contribution is 0.141. The topological polar surface area (TPSA) is 49.8 Å². The minimum absolute atomic E-state index is 0.379. The first-order valence-electron chi connectivity index (χ1n) is 3.37. The summed E-state index contributed by atoms with van der Waals surface area (Å²) in [6.07, 6.45) is -0.804. The normalized spacial score (nSPS) is 9.17. The van der Waals surface area contributed by atoms with Gasteiger partial charge in [-0.05, 0) is 12.1 Å². The maximum atomic E-state index is 10.8. The van der Waals surface area contributed by atoms with Crippen LogP contribution in [0.1, 0.15) is 0 Å². The third kappa shape index (κ3) is 1.73. The van der Waals surface area contributed by atoms with Crippen molar-refractivity contribution in [3.05, 3.63) is 30.3 Å². The Hall–Kier alpha value is -1.55. The molecule has 12 heavy (non-hydrogen) atoms. The predicted octanol–water partition coefficient (Wildman–Crippen LogP) is 1.65. The second kappa shape index (κ2) is 3.73. The molecule has 1 amide bonds. The highest BCUT2D eigenvalue weighted by Gasteiger charge is 2.11. The fourth-order valence-electron chi connectivity index (χ4n) is 0.761. The van der Waals surface area contributed by atoms with Crippen molar-refractivity contribution in [1.29, 1.82) is 0 Å². The van der Waals surface area contributed by atoms with E-state index >= 15 is 0 Å². The number of carbonyl (C=O) groups excluding carboxylic acids is 1. The summed E-state index contributed by atoms with van der Waals surface area (Å²) >= 11 is 0. The molecule has 1 rings (SSSR count). The maximum absolute atomic E-state index is 10.8. The molecule has 0 saturated heterocycles. The molecule has 0 saturated carbocycles. The summed E-state index contributed by atoms with van der Waals surface area (Å²) in [7, 11) is 1.20. The van der Waals surface area contributed by atoms with Gasteiger partial charge >= 0.3 is 6.09 Å². The number of benzene rings is 1. The van der Waals surface area contributed by atoms with Gasteiger partial charge in [-0.25, -0.2) is 4.79 Å². The first-order chi connectivity index (χ1) is 5.75. The van der Waals surface area contributed by atoms with Crippen molar-refractivity contribution in [3.63, 3.8) is 0 Å². The van der Waals surface area contributed by atoms with E-state index in [-0.39, 0.29) is 0 Å². The van der Waals surface area contributed by atoms with E-state index in [1.54, 1.807) is 30.3 Å². The van der Waals surface area contributed by atoms with Crippen molar-refractivity contribution in [2.75, 3.05) is 12.2 Å². The van der Waals surface area contributed by atoms with Gasteiger partial charge in [-0.3, -0.25) is 5.21 Å². The van der Waals surface area contributed by atoms with Crippen LogP contribution in [0.5, 0.6) is 0 Å². The Morgan fingerprint density at radius 1 is 1.42 bits per heavy atom. The van der Waals surface area contributed by atoms with E-state index in [1.807, 2.05) is 0 Å². The predicted molar refractivity (Wildman–Crippen MR) is 43.1 cm³/mol. The molecule has 0 heterocycles. The Balaban J connectivity index is 2.78. The number of amides is 1. The van der Waals surface area contributed by atoms with E-state index in [1.165, 1.54) is 7.11 Å². The van der Waals surface area contributed by atoms with Gasteiger partial charge in [-0.1, -0.05) is 18.2 Å². The fraction of sp³-hybridized carbons (Fsp3) is 0.125. The van der Waals surface area contributed by atoms with Gasteiger partial charge in [-0.2, -0.15) is 5.06 Å². The number of methoxy groups -OCH3 is 1. The van der Waals surface area contributed by atoms with Gasteiger partial charge in [0.25, 0.3) is 0 Å². The Morgan fingerprint density at radius 2 is 2.00 bits per heavy atom. The van der Waals surface area contributed by atoms with Crippen LogP contribution in [0.2, 0.25) is 0 Å². The molecule has 0 radical (unpaired) electrons. The molecule has 0 aromatic heterocycles. The third-order valence-corrected chi connectivity index (χ3v) is 1.35. The van der Waals surface area contributed by atoms with E-state index in [0.717, 1.165) is 0 Å². The highest BCUT2D eigenvalue weighted by molar-refractivity contribution is 5.84. The molecule has 1 aromatic rings. The van der Waals surface area contributed by atoms with Crippen molar-refractivity contribution >= 4 is 11.8 Å². The molecule has 0 aliphatic carbocycles. The average Bonchev–Trinajstić information content (AvgIpc) is 2.17. The lowest BCUT2D eigenvalue weighted by Crippen LogP contribution is -2.26. The van der Waals surface area contributed by atoms with Crippen LogP contribution in [0, 0.1) is 0 Å². The van der Waals surface area contributed by atoms with Crippen LogP contribution in [-0.4, -0.2) is 18.4 Å². The quantitative estimate of drug-likeness (QED) is 0.511. The van der Waals surface area contributed by atoms with E-state index in [0.29, 0.717) is 10.8 Å². The number of ether oxygens (including phenoxy) is 1. The molecule has 0 unspecified atom stereocenters. The summed E-state index contributed by atoms with van der Waals surface area (Å²) in [5, 5.41) is 9.59. The van der Waals surface area contributed by atoms with Gasteiger partial charge in [0.15, 0.2) is 0 Å². The number of anilines is 1. The highest BCUT2D eigenvalue weighted by Crippen LogP contribution is 2.10. The number of nitrogens with zero attached hydrogens (tertiary/aromatic N) is 1. The van der Waals surface area contributed by atoms with Crippen molar-refractivity contribution in [2.45, 2.75) is 0 Å². The summed E-state index contributed by atoms with van der Waals surface area (Å²) in [5.41, 5.74) is 0.379. The molecular formula is C8H9NO3. The fourth-order valence-corrected chi connectivity index (χ4v) is 0.761. The number of carbonyl (C=O) groups is 1. The van der Waals surface area contributed by atoms with Crippen LogP contribution in [0.15, 0.2) is 30.3 Å². The lowest BCUT2D eigenvalue weighted by Gasteiger charge is -2.12. The van der Waals surface area contributed by atoms with Crippen LogP contribution in [0.25, 0.3) is 0 Å². The zero-order valence-electron chi connectivity index (χ0n) is 6.60. The highest BCUT2D eigenvalue weighted by atomic mass is 16.6. The number of hydroxylamine groups is 1. The molecule has 1 aromatic carbocycles. The van der Waals surface area contributed by atoms with Gasteiger partial charge in [0.1, 0.15) is 0 Å². The minimum Gasteiger partial charge on any atom is -0.451 e. The van der Waals surface area contributed by atoms with Crippen molar-refractivity contribution in [1.82, 2.24) is 0 Å². The first kappa shape index (κ1) is 8.55. The summed E-state index contributed by atoms with van der Waals surface area (Å²) in [5.74, 6) is 0. The molecular weight excluding hydrogens is 158 g/mol. The van der Waals surface area contributed by atoms with Gasteiger partial charge in [0.2, 0.25) is 0 Å². The van der Waals surface area contributed by atoms with Gasteiger partial charge in [0, 0.05) is 0 Å². The molecule has 0 bridgehead atoms. The summed E-state index contributed by atoms with van der Waals surface area (Å²) in [4.78, 5) is 10.8. The van der Waals surface area contributed by atoms with Crippen LogP contribution in [0.3, 0.4) is 0 Å². The van der Waals surface area contributed by atoms with Crippen LogP contribution < -0.4 is 5.06 Å². The number of para-hydroxylation sites is 1. The van der Waals surface area contributed by atoms with Crippen LogP contribution in [-0.2, 0) is 4.74 Å². The SMILES string of the molecule is COC(=O)N(O)c1ccccc1. The zero-order chi connectivity index (χ0) is 8.97. The Morgan fingerprint density at radius 3 is 2.50 bits per heavy atom. The Labute approximate surface area is 69.9 Å². The molecule has 0 aliphatic rings. The molecule has 1 N–H and O–H groups in total. The van der Waals surface area contributed by atoms with E-state index in [9.17, 15) is 4.79 Å². The van der Waals surface area contributed by atoms with E-state index < -0.39 is 6.09 Å². The van der Waals surface area contributed by atoms with E-state index in [4.69, 9.17) is 5.21 Å². The second-order valence-electron chi connectivity index (χ2n) is 2.12. The molecule has 4 nitrogen and oxygen atoms in total. The summed E-state index contributed by atoms with van der Waals surface area (Å²) in [6.45, 7) is 0. The molecule has 0 aliphatic heterocycles. The molecule has 0 fully saturated rings. The average molecular weight is 167 g/mol. The minimum atomic E-state index is -0.804. The standard InChI is InChI=1S/C8H9NO3/c1-12-8(10)9(11)7-5-3-2-4-6-7/h2-6,11H,1H3. The molecule has 0 spiro atoms. The molecule has 64 valence electrons. The second-order valence-corrected chi connectivity index (χ2v) is 2.12. The zero-order valence-corrected chi connectivity index (χ0v) is 6.60. The number of hydrogen-bond acceptors (Lipinski definition) is 3. The van der Waals surface area contributed by atoms with E-state index in [2.05, 4.69) is 4.74 Å². The monoisotopic (exact) mass is 167 g/mol. The number of hydrogen-bond donors (Lipinski definition) is 1. The van der Waals surface area contributed by atoms with Crippen LogP contribution >= 0.6 is 0 Å². The van der Waals surface area contributed by atoms with Crippen molar-refractivity contribution in [3.8, 4) is 0 Å². The largest absolute Gasteiger partial charge is 0.451 e. The third-order valence-electron chi connectivity index (χ3n) is 1.35. The van der Waals surface area contributed by atoms with Crippen molar-refractivity contribution in [2.24, 2.45) is 0 Å². The Kier molecular flexibility index (Phi) is 2.66. The summed E-state index contributed by atoms with van der Waals surface area (Å²) < 4.78 is 4.30. The van der Waals surface area contributed by atoms with Gasteiger partial charge in [-0.15, -0.1) is 0 Å². The van der Waals surface area contributed by atoms with Gasteiger partial charge in [0.05, 0.1) is 12.8 Å². The maximum Gasteiger partial charge on any atom is 0.438 e. The smallest absolute Gasteiger partial charge is 0.438 e. The molecule has 4 heteroatoms. The van der Waals surface area contributed by atoms with Crippen molar-refractivity contribution < 1.29 is 14.7 Å². The summed E-state index contributed by atoms with van der Waals surface area (Å²) in [6, 6.07) is 8.39. The van der Waals surface area contributed by atoms with Gasteiger partial charge < -0.3 is 4.74 Å². The first-order valence-corrected chi connectivity index (χ1v) is 3.37. The lowest BCUT2D eigenvalue weighted by atomic mass is 10.3. The molecule has 0 atom stereocenters. The Bertz CT molecular complexity index is 260.